The van der Waals surface area contributed by atoms with Crippen LogP contribution in [0.25, 0.3) is 0 Å². The van der Waals surface area contributed by atoms with Crippen LogP contribution in [0.5, 0.6) is 0 Å². The fourth-order valence-electron chi connectivity index (χ4n) is 3.70. The highest BCUT2D eigenvalue weighted by Gasteiger charge is 2.39. The van der Waals surface area contributed by atoms with E-state index in [0.29, 0.717) is 16.9 Å². The maximum atomic E-state index is 13.1. The van der Waals surface area contributed by atoms with Gasteiger partial charge in [-0.3, -0.25) is 14.4 Å². The summed E-state index contributed by atoms with van der Waals surface area (Å²) in [6.45, 7) is 1.97. The van der Waals surface area contributed by atoms with Crippen LogP contribution < -0.4 is 15.5 Å². The molecule has 11 heteroatoms. The molecular weight excluding hydrogens is 526 g/mol. The average molecular weight is 548 g/mol. The molecule has 3 amide bonds. The average Bonchev–Trinajstić information content (AvgIpc) is 3.16. The number of ether oxygens (including phenoxy) is 2. The third-order valence-electron chi connectivity index (χ3n) is 5.62. The Labute approximate surface area is 228 Å². The molecule has 0 saturated heterocycles. The van der Waals surface area contributed by atoms with E-state index < -0.39 is 29.7 Å². The molecule has 1 aliphatic rings. The van der Waals surface area contributed by atoms with Crippen LogP contribution in [0.2, 0.25) is 0 Å². The number of hydrogen-bond acceptors (Lipinski definition) is 8. The number of hydrogen-bond donors (Lipinski definition) is 2. The molecule has 2 N–H and O–H groups in total. The molecule has 0 bridgehead atoms. The molecule has 4 rings (SSSR count). The zero-order valence-corrected chi connectivity index (χ0v) is 21.6. The van der Waals surface area contributed by atoms with Crippen molar-refractivity contribution in [2.24, 2.45) is 0 Å². The second-order valence-corrected chi connectivity index (χ2v) is 8.51. The van der Waals surface area contributed by atoms with Gasteiger partial charge in [0.15, 0.2) is 0 Å². The summed E-state index contributed by atoms with van der Waals surface area (Å²) >= 11 is 6.21. The summed E-state index contributed by atoms with van der Waals surface area (Å²) in [7, 11) is 1.24. The summed E-state index contributed by atoms with van der Waals surface area (Å²) in [4.78, 5) is 63.0. The van der Waals surface area contributed by atoms with Crippen molar-refractivity contribution in [1.82, 2.24) is 0 Å². The number of rotatable bonds is 8. The number of nitrogens with zero attached hydrogens (tertiary/aromatic N) is 1. The van der Waals surface area contributed by atoms with Gasteiger partial charge in [0.1, 0.15) is 10.7 Å². The van der Waals surface area contributed by atoms with Gasteiger partial charge in [0.25, 0.3) is 17.7 Å². The van der Waals surface area contributed by atoms with Crippen LogP contribution in [-0.2, 0) is 19.1 Å². The molecule has 0 spiro atoms. The highest BCUT2D eigenvalue weighted by atomic mass is 35.5. The number of amides is 3. The molecule has 0 radical (unpaired) electrons. The summed E-state index contributed by atoms with van der Waals surface area (Å²) in [5, 5.41) is 5.23. The Bertz CT molecular complexity index is 1500. The number of benzene rings is 3. The SMILES string of the molecule is CCOC(=O)c1ccc(NC(=O)c2cccc(NC3=C(Cl)C(=O)N(c4ccc(C(=O)OC)cc4)C3=O)c2)cc1. The summed E-state index contributed by atoms with van der Waals surface area (Å²) in [5.74, 6) is -2.90. The van der Waals surface area contributed by atoms with Crippen LogP contribution in [0, 0.1) is 0 Å². The predicted octanol–water partition coefficient (Wildman–Crippen LogP) is 4.34. The second-order valence-electron chi connectivity index (χ2n) is 8.13. The van der Waals surface area contributed by atoms with E-state index in [4.69, 9.17) is 16.3 Å². The van der Waals surface area contributed by atoms with E-state index in [9.17, 15) is 24.0 Å². The van der Waals surface area contributed by atoms with E-state index in [0.717, 1.165) is 4.90 Å². The summed E-state index contributed by atoms with van der Waals surface area (Å²) < 4.78 is 9.60. The van der Waals surface area contributed by atoms with Gasteiger partial charge in [0, 0.05) is 16.9 Å². The number of carbonyl (C=O) groups is 5. The molecule has 198 valence electrons. The van der Waals surface area contributed by atoms with Crippen molar-refractivity contribution in [3.05, 3.63) is 100 Å². The number of anilines is 3. The number of imide groups is 1. The molecule has 10 nitrogen and oxygen atoms in total. The van der Waals surface area contributed by atoms with Crippen LogP contribution in [0.3, 0.4) is 0 Å². The zero-order chi connectivity index (χ0) is 28.1. The Morgan fingerprint density at radius 2 is 1.46 bits per heavy atom. The minimum atomic E-state index is -0.741. The molecule has 1 aliphatic heterocycles. The predicted molar refractivity (Wildman–Crippen MR) is 144 cm³/mol. The minimum absolute atomic E-state index is 0.161. The van der Waals surface area contributed by atoms with Crippen molar-refractivity contribution in [3.63, 3.8) is 0 Å². The van der Waals surface area contributed by atoms with Crippen LogP contribution in [0.15, 0.2) is 83.5 Å². The number of methoxy groups -OCH3 is 1. The van der Waals surface area contributed by atoms with Crippen LogP contribution in [0.1, 0.15) is 38.0 Å². The van der Waals surface area contributed by atoms with Crippen molar-refractivity contribution < 1.29 is 33.4 Å². The molecule has 39 heavy (non-hydrogen) atoms. The van der Waals surface area contributed by atoms with Crippen molar-refractivity contribution in [1.29, 1.82) is 0 Å². The fraction of sp³-hybridized carbons (Fsp3) is 0.107. The zero-order valence-electron chi connectivity index (χ0n) is 20.8. The summed E-state index contributed by atoms with van der Waals surface area (Å²) in [6.07, 6.45) is 0. The van der Waals surface area contributed by atoms with Crippen molar-refractivity contribution in [2.75, 3.05) is 29.3 Å². The normalized spacial score (nSPS) is 12.8. The number of halogens is 1. The highest BCUT2D eigenvalue weighted by Crippen LogP contribution is 2.30. The Balaban J connectivity index is 1.47. The van der Waals surface area contributed by atoms with Gasteiger partial charge in [-0.15, -0.1) is 0 Å². The van der Waals surface area contributed by atoms with Gasteiger partial charge >= 0.3 is 11.9 Å². The molecule has 0 unspecified atom stereocenters. The van der Waals surface area contributed by atoms with Crippen molar-refractivity contribution in [2.45, 2.75) is 6.92 Å². The molecule has 0 aliphatic carbocycles. The van der Waals surface area contributed by atoms with Gasteiger partial charge in [-0.1, -0.05) is 17.7 Å². The molecule has 0 saturated carbocycles. The van der Waals surface area contributed by atoms with Crippen LogP contribution in [-0.4, -0.2) is 43.4 Å². The molecule has 1 heterocycles. The Morgan fingerprint density at radius 3 is 2.10 bits per heavy atom. The number of carbonyl (C=O) groups excluding carboxylic acids is 5. The quantitative estimate of drug-likeness (QED) is 0.314. The van der Waals surface area contributed by atoms with E-state index in [2.05, 4.69) is 15.4 Å². The lowest BCUT2D eigenvalue weighted by molar-refractivity contribution is -0.120. The molecule has 3 aromatic rings. The smallest absolute Gasteiger partial charge is 0.338 e. The first-order valence-electron chi connectivity index (χ1n) is 11.7. The standard InChI is InChI=1S/C28H22ClN3O7/c1-3-39-28(37)17-7-11-19(12-8-17)31-24(33)18-5-4-6-20(15-18)30-23-22(29)25(34)32(26(23)35)21-13-9-16(10-14-21)27(36)38-2/h4-15,30H,3H2,1-2H3,(H,31,33). The summed E-state index contributed by atoms with van der Waals surface area (Å²) in [6, 6.07) is 18.2. The lowest BCUT2D eigenvalue weighted by Crippen LogP contribution is -2.32. The minimum Gasteiger partial charge on any atom is -0.465 e. The Kier molecular flexibility index (Phi) is 8.07. The Hall–Kier alpha value is -4.96. The lowest BCUT2D eigenvalue weighted by Gasteiger charge is -2.15. The third kappa shape index (κ3) is 5.81. The number of nitrogens with one attached hydrogen (secondary N) is 2. The first-order valence-corrected chi connectivity index (χ1v) is 12.0. The molecule has 3 aromatic carbocycles. The van der Waals surface area contributed by atoms with Gasteiger partial charge in [-0.05, 0) is 73.7 Å². The monoisotopic (exact) mass is 547 g/mol. The van der Waals surface area contributed by atoms with E-state index in [1.807, 2.05) is 0 Å². The van der Waals surface area contributed by atoms with E-state index in [-0.39, 0.29) is 34.2 Å². The van der Waals surface area contributed by atoms with E-state index >= 15 is 0 Å². The highest BCUT2D eigenvalue weighted by molar-refractivity contribution is 6.53. The summed E-state index contributed by atoms with van der Waals surface area (Å²) in [5.41, 5.74) is 1.73. The van der Waals surface area contributed by atoms with Gasteiger partial charge in [0.2, 0.25) is 0 Å². The molecule has 0 aromatic heterocycles. The molecule has 0 fully saturated rings. The second kappa shape index (κ2) is 11.6. The van der Waals surface area contributed by atoms with Gasteiger partial charge < -0.3 is 20.1 Å². The third-order valence-corrected chi connectivity index (χ3v) is 5.97. The maximum absolute atomic E-state index is 13.1. The van der Waals surface area contributed by atoms with Crippen molar-refractivity contribution >= 4 is 58.3 Å². The van der Waals surface area contributed by atoms with Gasteiger partial charge in [-0.25, -0.2) is 14.5 Å². The van der Waals surface area contributed by atoms with Crippen LogP contribution in [0.4, 0.5) is 17.1 Å². The van der Waals surface area contributed by atoms with Crippen LogP contribution >= 0.6 is 11.6 Å². The van der Waals surface area contributed by atoms with Crippen molar-refractivity contribution in [3.8, 4) is 0 Å². The van der Waals surface area contributed by atoms with Gasteiger partial charge in [0.05, 0.1) is 30.5 Å². The van der Waals surface area contributed by atoms with E-state index in [1.165, 1.54) is 49.6 Å². The first-order chi connectivity index (χ1) is 18.7. The largest absolute Gasteiger partial charge is 0.465 e. The first kappa shape index (κ1) is 27.1. The maximum Gasteiger partial charge on any atom is 0.338 e. The Morgan fingerprint density at radius 1 is 0.821 bits per heavy atom. The van der Waals surface area contributed by atoms with Gasteiger partial charge in [-0.2, -0.15) is 0 Å². The fourth-order valence-corrected chi connectivity index (χ4v) is 3.91. The topological polar surface area (TPSA) is 131 Å². The number of esters is 2. The molecule has 0 atom stereocenters. The van der Waals surface area contributed by atoms with E-state index in [1.54, 1.807) is 37.3 Å². The molecular formula is C28H22ClN3O7. The lowest BCUT2D eigenvalue weighted by atomic mass is 10.1.